The van der Waals surface area contributed by atoms with Gasteiger partial charge in [0.15, 0.2) is 5.82 Å². The number of hydrogen-bond acceptors (Lipinski definition) is 6. The Kier molecular flexibility index (Phi) is 4.94. The van der Waals surface area contributed by atoms with Crippen LogP contribution in [0.15, 0.2) is 6.20 Å². The van der Waals surface area contributed by atoms with Gasteiger partial charge in [0.25, 0.3) is 0 Å². The molecule has 0 amide bonds. The maximum absolute atomic E-state index is 11.2. The molecule has 108 valence electrons. The first-order chi connectivity index (χ1) is 8.63. The van der Waals surface area contributed by atoms with Gasteiger partial charge < -0.3 is 10.6 Å². The van der Waals surface area contributed by atoms with Crippen LogP contribution in [0.4, 0.5) is 11.8 Å². The fourth-order valence-electron chi connectivity index (χ4n) is 1.45. The number of anilines is 2. The van der Waals surface area contributed by atoms with Crippen molar-refractivity contribution >= 4 is 33.4 Å². The van der Waals surface area contributed by atoms with Crippen molar-refractivity contribution in [3.63, 3.8) is 0 Å². The fraction of sp³-hybridized carbons (Fsp3) is 0.600. The summed E-state index contributed by atoms with van der Waals surface area (Å²) in [5.41, 5.74) is -0.665. The number of nitrogens with zero attached hydrogens (tertiary/aromatic N) is 2. The van der Waals surface area contributed by atoms with Gasteiger partial charge in [0.1, 0.15) is 5.02 Å². The molecule has 0 aliphatic carbocycles. The molecule has 9 heteroatoms. The first-order valence-corrected chi connectivity index (χ1v) is 7.83. The molecule has 0 aliphatic rings. The predicted octanol–water partition coefficient (Wildman–Crippen LogP) is 0.911. The Morgan fingerprint density at radius 1 is 1.42 bits per heavy atom. The van der Waals surface area contributed by atoms with Crippen molar-refractivity contribution in [2.45, 2.75) is 19.4 Å². The van der Waals surface area contributed by atoms with Crippen molar-refractivity contribution < 1.29 is 8.42 Å². The highest BCUT2D eigenvalue weighted by atomic mass is 35.5. The van der Waals surface area contributed by atoms with Gasteiger partial charge in [-0.3, -0.25) is 0 Å². The lowest BCUT2D eigenvalue weighted by atomic mass is 10.1. The summed E-state index contributed by atoms with van der Waals surface area (Å²) >= 11 is 5.96. The molecule has 1 aromatic heterocycles. The third-order valence-electron chi connectivity index (χ3n) is 2.13. The molecular formula is C10H18ClN5O2S. The molecule has 0 atom stereocenters. The molecule has 3 N–H and O–H groups in total. The molecule has 7 nitrogen and oxygen atoms in total. The van der Waals surface area contributed by atoms with E-state index in [-0.39, 0.29) is 0 Å². The number of hydrogen-bond donors (Lipinski definition) is 3. The maximum Gasteiger partial charge on any atom is 0.224 e. The van der Waals surface area contributed by atoms with Gasteiger partial charge in [-0.2, -0.15) is 4.98 Å². The smallest absolute Gasteiger partial charge is 0.224 e. The zero-order valence-corrected chi connectivity index (χ0v) is 12.9. The highest BCUT2D eigenvalue weighted by molar-refractivity contribution is 7.88. The summed E-state index contributed by atoms with van der Waals surface area (Å²) in [5, 5.41) is 6.17. The van der Waals surface area contributed by atoms with Gasteiger partial charge in [0, 0.05) is 19.1 Å². The molecule has 1 aromatic rings. The van der Waals surface area contributed by atoms with Gasteiger partial charge in [0.2, 0.25) is 16.0 Å². The van der Waals surface area contributed by atoms with E-state index in [1.165, 1.54) is 6.20 Å². The molecule has 1 heterocycles. The van der Waals surface area contributed by atoms with E-state index in [1.807, 2.05) is 0 Å². The molecule has 0 spiro atoms. The van der Waals surface area contributed by atoms with E-state index < -0.39 is 15.6 Å². The van der Waals surface area contributed by atoms with Crippen LogP contribution in [0.3, 0.4) is 0 Å². The van der Waals surface area contributed by atoms with Crippen LogP contribution in [0.5, 0.6) is 0 Å². The summed E-state index contributed by atoms with van der Waals surface area (Å²) in [7, 11) is -1.58. The molecule has 0 aromatic carbocycles. The summed E-state index contributed by atoms with van der Waals surface area (Å²) in [4.78, 5) is 8.10. The zero-order valence-electron chi connectivity index (χ0n) is 11.3. The molecule has 1 rings (SSSR count). The topological polar surface area (TPSA) is 96.0 Å². The predicted molar refractivity (Wildman–Crippen MR) is 77.1 cm³/mol. The normalized spacial score (nSPS) is 12.3. The lowest BCUT2D eigenvalue weighted by molar-refractivity contribution is 0.476. The Balaban J connectivity index is 2.76. The van der Waals surface area contributed by atoms with Crippen LogP contribution < -0.4 is 15.4 Å². The van der Waals surface area contributed by atoms with Gasteiger partial charge in [0.05, 0.1) is 12.5 Å². The third kappa shape index (κ3) is 5.58. The van der Waals surface area contributed by atoms with Crippen LogP contribution in [0.2, 0.25) is 5.02 Å². The van der Waals surface area contributed by atoms with E-state index in [9.17, 15) is 8.42 Å². The Morgan fingerprint density at radius 2 is 2.05 bits per heavy atom. The van der Waals surface area contributed by atoms with E-state index in [0.29, 0.717) is 23.3 Å². The average molecular weight is 308 g/mol. The number of rotatable bonds is 6. The molecule has 0 bridgehead atoms. The van der Waals surface area contributed by atoms with Gasteiger partial charge in [-0.25, -0.2) is 18.1 Å². The SMILES string of the molecule is CNc1ncc(Cl)c(NCC(C)(C)NS(C)(=O)=O)n1. The molecule has 0 unspecified atom stereocenters. The quantitative estimate of drug-likeness (QED) is 0.723. The lowest BCUT2D eigenvalue weighted by Gasteiger charge is -2.25. The van der Waals surface area contributed by atoms with E-state index in [0.717, 1.165) is 6.26 Å². The minimum absolute atomic E-state index is 0.333. The Labute approximate surface area is 118 Å². The van der Waals surface area contributed by atoms with E-state index in [1.54, 1.807) is 20.9 Å². The number of halogens is 1. The monoisotopic (exact) mass is 307 g/mol. The van der Waals surface area contributed by atoms with Gasteiger partial charge in [-0.15, -0.1) is 0 Å². The van der Waals surface area contributed by atoms with Crippen LogP contribution >= 0.6 is 11.6 Å². The summed E-state index contributed by atoms with van der Waals surface area (Å²) in [5.74, 6) is 0.880. The molecule has 19 heavy (non-hydrogen) atoms. The fourth-order valence-corrected chi connectivity index (χ4v) is 2.69. The minimum atomic E-state index is -3.28. The number of aromatic nitrogens is 2. The lowest BCUT2D eigenvalue weighted by Crippen LogP contribution is -2.47. The van der Waals surface area contributed by atoms with Crippen LogP contribution in [-0.4, -0.2) is 43.8 Å². The highest BCUT2D eigenvalue weighted by Crippen LogP contribution is 2.20. The molecule has 0 radical (unpaired) electrons. The van der Waals surface area contributed by atoms with Crippen molar-refractivity contribution in [1.29, 1.82) is 0 Å². The van der Waals surface area contributed by atoms with Crippen molar-refractivity contribution in [3.8, 4) is 0 Å². The number of nitrogens with one attached hydrogen (secondary N) is 3. The van der Waals surface area contributed by atoms with Gasteiger partial charge in [-0.05, 0) is 13.8 Å². The summed E-state index contributed by atoms with van der Waals surface area (Å²) in [6.45, 7) is 3.85. The summed E-state index contributed by atoms with van der Waals surface area (Å²) in [6.07, 6.45) is 2.59. The maximum atomic E-state index is 11.2. The standard InChI is InChI=1S/C10H18ClN5O2S/c1-10(2,16-19(4,17)18)6-14-8-7(11)5-13-9(12-3)15-8/h5,16H,6H2,1-4H3,(H2,12,13,14,15). The van der Waals surface area contributed by atoms with Gasteiger partial charge in [-0.1, -0.05) is 11.6 Å². The van der Waals surface area contributed by atoms with E-state index >= 15 is 0 Å². The Bertz CT molecular complexity index is 547. The first-order valence-electron chi connectivity index (χ1n) is 5.56. The molecule has 0 saturated carbocycles. The van der Waals surface area contributed by atoms with E-state index in [4.69, 9.17) is 11.6 Å². The Morgan fingerprint density at radius 3 is 2.58 bits per heavy atom. The van der Waals surface area contributed by atoms with Crippen LogP contribution in [-0.2, 0) is 10.0 Å². The van der Waals surface area contributed by atoms with Crippen LogP contribution in [0, 0.1) is 0 Å². The van der Waals surface area contributed by atoms with Crippen LogP contribution in [0.25, 0.3) is 0 Å². The van der Waals surface area contributed by atoms with E-state index in [2.05, 4.69) is 25.3 Å². The minimum Gasteiger partial charge on any atom is -0.367 e. The second-order valence-electron chi connectivity index (χ2n) is 4.75. The molecular weight excluding hydrogens is 290 g/mol. The van der Waals surface area contributed by atoms with Crippen molar-refractivity contribution in [2.75, 3.05) is 30.5 Å². The highest BCUT2D eigenvalue weighted by Gasteiger charge is 2.22. The number of sulfonamides is 1. The van der Waals surface area contributed by atoms with Crippen LogP contribution in [0.1, 0.15) is 13.8 Å². The average Bonchev–Trinajstić information content (AvgIpc) is 2.25. The van der Waals surface area contributed by atoms with Gasteiger partial charge >= 0.3 is 0 Å². The zero-order chi connectivity index (χ0) is 14.7. The van der Waals surface area contributed by atoms with Crippen molar-refractivity contribution in [1.82, 2.24) is 14.7 Å². The summed E-state index contributed by atoms with van der Waals surface area (Å²) < 4.78 is 25.0. The molecule has 0 fully saturated rings. The first kappa shape index (κ1) is 15.9. The molecule has 0 saturated heterocycles. The summed E-state index contributed by atoms with van der Waals surface area (Å²) in [6, 6.07) is 0. The molecule has 0 aliphatic heterocycles. The second-order valence-corrected chi connectivity index (χ2v) is 6.91. The Hall–Kier alpha value is -1.12. The van der Waals surface area contributed by atoms with Crippen molar-refractivity contribution in [3.05, 3.63) is 11.2 Å². The third-order valence-corrected chi connectivity index (χ3v) is 3.33. The van der Waals surface area contributed by atoms with Crippen molar-refractivity contribution in [2.24, 2.45) is 0 Å². The largest absolute Gasteiger partial charge is 0.367 e. The second kappa shape index (κ2) is 5.89.